The van der Waals surface area contributed by atoms with E-state index in [1.54, 1.807) is 0 Å². The third kappa shape index (κ3) is 4.06. The van der Waals surface area contributed by atoms with Crippen LogP contribution in [0.5, 0.6) is 0 Å². The summed E-state index contributed by atoms with van der Waals surface area (Å²) >= 11 is 0. The lowest BCUT2D eigenvalue weighted by Gasteiger charge is -2.24. The third-order valence-electron chi connectivity index (χ3n) is 3.14. The minimum Gasteiger partial charge on any atom is -0.463 e. The van der Waals surface area contributed by atoms with Gasteiger partial charge in [0.25, 0.3) is 0 Å². The molecule has 1 saturated carbocycles. The molecule has 0 aliphatic heterocycles. The number of hydrogen-bond acceptors (Lipinski definition) is 2. The van der Waals surface area contributed by atoms with Crippen LogP contribution in [0.2, 0.25) is 0 Å². The molecule has 0 aromatic carbocycles. The Morgan fingerprint density at radius 2 is 1.93 bits per heavy atom. The standard InChI is InChI=1S/C13H22O2/c1-4-15-13(14)11(3)9-12-7-5-10(2)6-8-12/h9-10,12H,4-8H2,1-3H3. The predicted molar refractivity (Wildman–Crippen MR) is 61.5 cm³/mol. The summed E-state index contributed by atoms with van der Waals surface area (Å²) in [6.07, 6.45) is 7.12. The van der Waals surface area contributed by atoms with Crippen LogP contribution in [0, 0.1) is 11.8 Å². The maximum atomic E-state index is 11.4. The topological polar surface area (TPSA) is 26.3 Å². The van der Waals surface area contributed by atoms with Gasteiger partial charge in [-0.25, -0.2) is 4.79 Å². The van der Waals surface area contributed by atoms with Crippen LogP contribution < -0.4 is 0 Å². The number of hydrogen-bond donors (Lipinski definition) is 0. The Morgan fingerprint density at radius 3 is 2.47 bits per heavy atom. The Labute approximate surface area is 92.7 Å². The van der Waals surface area contributed by atoms with Crippen molar-refractivity contribution in [3.05, 3.63) is 11.6 Å². The van der Waals surface area contributed by atoms with Crippen LogP contribution in [0.25, 0.3) is 0 Å². The van der Waals surface area contributed by atoms with Gasteiger partial charge in [-0.1, -0.05) is 25.8 Å². The lowest BCUT2D eigenvalue weighted by molar-refractivity contribution is -0.138. The van der Waals surface area contributed by atoms with E-state index in [-0.39, 0.29) is 5.97 Å². The Bertz CT molecular complexity index is 235. The van der Waals surface area contributed by atoms with Crippen molar-refractivity contribution < 1.29 is 9.53 Å². The molecule has 0 amide bonds. The van der Waals surface area contributed by atoms with Crippen molar-refractivity contribution in [2.24, 2.45) is 11.8 Å². The Kier molecular flexibility index (Phi) is 4.86. The highest BCUT2D eigenvalue weighted by atomic mass is 16.5. The van der Waals surface area contributed by atoms with Crippen molar-refractivity contribution in [1.29, 1.82) is 0 Å². The van der Waals surface area contributed by atoms with Crippen molar-refractivity contribution in [3.8, 4) is 0 Å². The van der Waals surface area contributed by atoms with Gasteiger partial charge in [0.1, 0.15) is 0 Å². The molecular weight excluding hydrogens is 188 g/mol. The fourth-order valence-corrected chi connectivity index (χ4v) is 2.12. The summed E-state index contributed by atoms with van der Waals surface area (Å²) in [5.74, 6) is 1.29. The molecule has 1 aliphatic carbocycles. The van der Waals surface area contributed by atoms with Crippen molar-refractivity contribution >= 4 is 5.97 Å². The normalized spacial score (nSPS) is 27.5. The van der Waals surface area contributed by atoms with Crippen molar-refractivity contribution in [3.63, 3.8) is 0 Å². The Hall–Kier alpha value is -0.790. The van der Waals surface area contributed by atoms with Gasteiger partial charge in [-0.05, 0) is 38.5 Å². The molecule has 0 spiro atoms. The average Bonchev–Trinajstić information content (AvgIpc) is 2.22. The van der Waals surface area contributed by atoms with Crippen LogP contribution in [0.3, 0.4) is 0 Å². The predicted octanol–water partition coefficient (Wildman–Crippen LogP) is 3.32. The third-order valence-corrected chi connectivity index (χ3v) is 3.14. The van der Waals surface area contributed by atoms with Gasteiger partial charge >= 0.3 is 5.97 Å². The fraction of sp³-hybridized carbons (Fsp3) is 0.769. The number of carbonyl (C=O) groups is 1. The first kappa shape index (κ1) is 12.3. The first-order valence-electron chi connectivity index (χ1n) is 5.99. The molecule has 0 unspecified atom stereocenters. The number of esters is 1. The first-order valence-corrected chi connectivity index (χ1v) is 5.99. The summed E-state index contributed by atoms with van der Waals surface area (Å²) in [7, 11) is 0. The highest BCUT2D eigenvalue weighted by molar-refractivity contribution is 5.87. The van der Waals surface area contributed by atoms with E-state index in [2.05, 4.69) is 13.0 Å². The van der Waals surface area contributed by atoms with Crippen LogP contribution in [0.4, 0.5) is 0 Å². The maximum absolute atomic E-state index is 11.4. The molecule has 2 heteroatoms. The van der Waals surface area contributed by atoms with Crippen LogP contribution in [0.1, 0.15) is 46.5 Å². The molecule has 86 valence electrons. The van der Waals surface area contributed by atoms with Gasteiger partial charge < -0.3 is 4.74 Å². The van der Waals surface area contributed by atoms with Crippen LogP contribution in [-0.4, -0.2) is 12.6 Å². The minimum atomic E-state index is -0.156. The Morgan fingerprint density at radius 1 is 1.33 bits per heavy atom. The number of rotatable bonds is 3. The number of ether oxygens (including phenoxy) is 1. The quantitative estimate of drug-likeness (QED) is 0.527. The summed E-state index contributed by atoms with van der Waals surface area (Å²) in [5.41, 5.74) is 0.774. The molecule has 2 nitrogen and oxygen atoms in total. The number of carbonyl (C=O) groups excluding carboxylic acids is 1. The minimum absolute atomic E-state index is 0.156. The second kappa shape index (κ2) is 5.94. The molecule has 0 N–H and O–H groups in total. The average molecular weight is 210 g/mol. The largest absolute Gasteiger partial charge is 0.463 e. The number of allylic oxidation sites excluding steroid dienone is 1. The van der Waals surface area contributed by atoms with E-state index in [1.165, 1.54) is 25.7 Å². The Balaban J connectivity index is 2.44. The SMILES string of the molecule is CCOC(=O)C(C)=CC1CCC(C)CC1. The van der Waals surface area contributed by atoms with Gasteiger partial charge in [-0.15, -0.1) is 0 Å². The molecule has 0 saturated heterocycles. The van der Waals surface area contributed by atoms with E-state index in [1.807, 2.05) is 13.8 Å². The van der Waals surface area contributed by atoms with Crippen molar-refractivity contribution in [2.75, 3.05) is 6.61 Å². The zero-order valence-corrected chi connectivity index (χ0v) is 10.1. The summed E-state index contributed by atoms with van der Waals surface area (Å²) < 4.78 is 4.96. The molecule has 0 radical (unpaired) electrons. The fourth-order valence-electron chi connectivity index (χ4n) is 2.12. The van der Waals surface area contributed by atoms with Gasteiger partial charge in [0.05, 0.1) is 6.61 Å². The van der Waals surface area contributed by atoms with Crippen LogP contribution >= 0.6 is 0 Å². The van der Waals surface area contributed by atoms with Crippen molar-refractivity contribution in [2.45, 2.75) is 46.5 Å². The van der Waals surface area contributed by atoms with E-state index in [9.17, 15) is 4.79 Å². The second-order valence-corrected chi connectivity index (χ2v) is 4.59. The zero-order chi connectivity index (χ0) is 11.3. The van der Waals surface area contributed by atoms with Gasteiger partial charge in [0, 0.05) is 5.57 Å². The molecular formula is C13H22O2. The van der Waals surface area contributed by atoms with E-state index in [0.717, 1.165) is 11.5 Å². The molecule has 0 bridgehead atoms. The van der Waals surface area contributed by atoms with Crippen LogP contribution in [0.15, 0.2) is 11.6 Å². The lowest BCUT2D eigenvalue weighted by atomic mass is 9.82. The monoisotopic (exact) mass is 210 g/mol. The summed E-state index contributed by atoms with van der Waals surface area (Å²) in [6, 6.07) is 0. The second-order valence-electron chi connectivity index (χ2n) is 4.59. The summed E-state index contributed by atoms with van der Waals surface area (Å²) in [5, 5.41) is 0. The smallest absolute Gasteiger partial charge is 0.333 e. The zero-order valence-electron chi connectivity index (χ0n) is 10.1. The molecule has 0 aromatic rings. The lowest BCUT2D eigenvalue weighted by Crippen LogP contribution is -2.12. The van der Waals surface area contributed by atoms with Crippen molar-refractivity contribution in [1.82, 2.24) is 0 Å². The van der Waals surface area contributed by atoms with E-state index >= 15 is 0 Å². The van der Waals surface area contributed by atoms with Gasteiger partial charge in [-0.3, -0.25) is 0 Å². The molecule has 1 rings (SSSR count). The van der Waals surface area contributed by atoms with Gasteiger partial charge in [0.2, 0.25) is 0 Å². The van der Waals surface area contributed by atoms with E-state index in [4.69, 9.17) is 4.74 Å². The van der Waals surface area contributed by atoms with Gasteiger partial charge in [-0.2, -0.15) is 0 Å². The molecule has 15 heavy (non-hydrogen) atoms. The molecule has 0 atom stereocenters. The summed E-state index contributed by atoms with van der Waals surface area (Å²) in [6.45, 7) is 6.47. The molecule has 1 aliphatic rings. The van der Waals surface area contributed by atoms with Gasteiger partial charge in [0.15, 0.2) is 0 Å². The van der Waals surface area contributed by atoms with E-state index in [0.29, 0.717) is 12.5 Å². The summed E-state index contributed by atoms with van der Waals surface area (Å²) in [4.78, 5) is 11.4. The molecule has 1 fully saturated rings. The molecule has 0 heterocycles. The van der Waals surface area contributed by atoms with Crippen LogP contribution in [-0.2, 0) is 9.53 Å². The molecule has 0 aromatic heterocycles. The highest BCUT2D eigenvalue weighted by Gasteiger charge is 2.17. The maximum Gasteiger partial charge on any atom is 0.333 e. The first-order chi connectivity index (χ1) is 7.13. The van der Waals surface area contributed by atoms with E-state index < -0.39 is 0 Å². The highest BCUT2D eigenvalue weighted by Crippen LogP contribution is 2.29.